The van der Waals surface area contributed by atoms with Crippen LogP contribution in [0.5, 0.6) is 5.88 Å². The topological polar surface area (TPSA) is 134 Å². The van der Waals surface area contributed by atoms with E-state index >= 15 is 0 Å². The van der Waals surface area contributed by atoms with Crippen molar-refractivity contribution in [2.45, 2.75) is 6.18 Å². The molecule has 11 nitrogen and oxygen atoms in total. The fourth-order valence-electron chi connectivity index (χ4n) is 3.11. The van der Waals surface area contributed by atoms with Crippen molar-refractivity contribution in [3.05, 3.63) is 59.8 Å². The van der Waals surface area contributed by atoms with Gasteiger partial charge in [-0.2, -0.15) is 28.6 Å². The lowest BCUT2D eigenvalue weighted by Crippen LogP contribution is -2.37. The van der Waals surface area contributed by atoms with Crippen LogP contribution in [0.25, 0.3) is 5.82 Å². The molecular weight excluding hydrogens is 443 g/mol. The Hall–Kier alpha value is -4.51. The molecule has 4 rings (SSSR count). The summed E-state index contributed by atoms with van der Waals surface area (Å²) in [5.41, 5.74) is 0.962. The van der Waals surface area contributed by atoms with Crippen LogP contribution in [0.3, 0.4) is 0 Å². The number of alkyl halides is 3. The summed E-state index contributed by atoms with van der Waals surface area (Å²) in [5.74, 6) is -0.791. The van der Waals surface area contributed by atoms with Crippen molar-refractivity contribution in [1.82, 2.24) is 30.4 Å². The van der Waals surface area contributed by atoms with Gasteiger partial charge in [-0.25, -0.2) is 15.4 Å². The minimum Gasteiger partial charge on any atom is -0.481 e. The predicted octanol–water partition coefficient (Wildman–Crippen LogP) is 1.72. The average Bonchev–Trinajstić information content (AvgIpc) is 3.49. The zero-order valence-electron chi connectivity index (χ0n) is 16.8. The van der Waals surface area contributed by atoms with Gasteiger partial charge in [0.25, 0.3) is 5.91 Å². The number of rotatable bonds is 5. The van der Waals surface area contributed by atoms with E-state index in [1.807, 2.05) is 6.07 Å². The van der Waals surface area contributed by atoms with E-state index in [4.69, 9.17) is 4.74 Å². The molecule has 168 valence electrons. The fourth-order valence-corrected chi connectivity index (χ4v) is 3.11. The number of allylic oxidation sites excluding steroid dienone is 1. The minimum absolute atomic E-state index is 0.0177. The van der Waals surface area contributed by atoms with E-state index in [1.165, 1.54) is 50.1 Å². The maximum Gasteiger partial charge on any atom is 0.433 e. The van der Waals surface area contributed by atoms with Gasteiger partial charge in [0.2, 0.25) is 5.88 Å². The highest BCUT2D eigenvalue weighted by atomic mass is 19.4. The van der Waals surface area contributed by atoms with Crippen LogP contribution in [-0.2, 0) is 4.79 Å². The van der Waals surface area contributed by atoms with Crippen molar-refractivity contribution in [2.75, 3.05) is 24.0 Å². The molecule has 1 aliphatic rings. The van der Waals surface area contributed by atoms with Gasteiger partial charge < -0.3 is 10.1 Å². The van der Waals surface area contributed by atoms with E-state index in [-0.39, 0.29) is 35.2 Å². The summed E-state index contributed by atoms with van der Waals surface area (Å²) in [6.45, 7) is -0.390. The molecule has 1 aliphatic heterocycles. The third kappa shape index (κ3) is 4.29. The number of ether oxygens (including phenoxy) is 1. The van der Waals surface area contributed by atoms with E-state index < -0.39 is 23.4 Å². The van der Waals surface area contributed by atoms with E-state index in [2.05, 4.69) is 30.9 Å². The molecule has 14 heteroatoms. The van der Waals surface area contributed by atoms with Crippen molar-refractivity contribution in [2.24, 2.45) is 0 Å². The molecule has 33 heavy (non-hydrogen) atoms. The molecular formula is C19H14F3N9O2. The zero-order chi connectivity index (χ0) is 23.6. The van der Waals surface area contributed by atoms with Gasteiger partial charge in [0.05, 0.1) is 42.6 Å². The average molecular weight is 457 g/mol. The van der Waals surface area contributed by atoms with Gasteiger partial charge in [-0.3, -0.25) is 9.80 Å². The first-order valence-electron chi connectivity index (χ1n) is 9.24. The van der Waals surface area contributed by atoms with Gasteiger partial charge in [0.1, 0.15) is 17.3 Å². The van der Waals surface area contributed by atoms with Crippen LogP contribution < -0.4 is 20.5 Å². The standard InChI is InChI=1S/C19H14F3N9O2/c1-33-15-7-13(2-3-24-15)30-16(19(20,21)22)14(10-28-30)18(32)29-12-6-11(8-23)17(25-9-12)31-26-4-5-27-31/h2-7,9,28H,10H2,1H3,(H,29,32). The number of nitrogens with one attached hydrogen (secondary N) is 2. The molecule has 0 unspecified atom stereocenters. The highest BCUT2D eigenvalue weighted by Crippen LogP contribution is 2.37. The Morgan fingerprint density at radius 1 is 1.24 bits per heavy atom. The second-order valence-electron chi connectivity index (χ2n) is 6.53. The van der Waals surface area contributed by atoms with Crippen LogP contribution in [0, 0.1) is 11.3 Å². The predicted molar refractivity (Wildman–Crippen MR) is 107 cm³/mol. The molecule has 4 heterocycles. The third-order valence-corrected chi connectivity index (χ3v) is 4.50. The molecule has 3 aromatic heterocycles. The normalized spacial score (nSPS) is 13.7. The second-order valence-corrected chi connectivity index (χ2v) is 6.53. The van der Waals surface area contributed by atoms with Gasteiger partial charge in [-0.1, -0.05) is 0 Å². The number of hydrazine groups is 1. The second kappa shape index (κ2) is 8.55. The lowest BCUT2D eigenvalue weighted by molar-refractivity contribution is -0.114. The first kappa shape index (κ1) is 21.7. The zero-order valence-corrected chi connectivity index (χ0v) is 16.8. The van der Waals surface area contributed by atoms with Gasteiger partial charge in [0.15, 0.2) is 5.82 Å². The molecule has 0 radical (unpaired) electrons. The largest absolute Gasteiger partial charge is 0.481 e. The number of anilines is 2. The van der Waals surface area contributed by atoms with Crippen LogP contribution in [0.1, 0.15) is 5.56 Å². The molecule has 3 aromatic rings. The highest BCUT2D eigenvalue weighted by Gasteiger charge is 2.46. The molecule has 0 saturated heterocycles. The van der Waals surface area contributed by atoms with Crippen molar-refractivity contribution < 1.29 is 22.7 Å². The lowest BCUT2D eigenvalue weighted by atomic mass is 10.1. The number of aromatic nitrogens is 5. The molecule has 0 aliphatic carbocycles. The van der Waals surface area contributed by atoms with Gasteiger partial charge in [-0.15, -0.1) is 4.80 Å². The molecule has 0 atom stereocenters. The maximum atomic E-state index is 13.9. The number of amides is 1. The number of hydrogen-bond donors (Lipinski definition) is 2. The lowest BCUT2D eigenvalue weighted by Gasteiger charge is -2.24. The Morgan fingerprint density at radius 3 is 2.67 bits per heavy atom. The van der Waals surface area contributed by atoms with Crippen LogP contribution in [-0.4, -0.2) is 50.7 Å². The number of carbonyl (C=O) groups is 1. The first-order valence-corrected chi connectivity index (χ1v) is 9.24. The van der Waals surface area contributed by atoms with Gasteiger partial charge in [0, 0.05) is 18.8 Å². The molecule has 2 N–H and O–H groups in total. The van der Waals surface area contributed by atoms with E-state index in [1.54, 1.807) is 0 Å². The van der Waals surface area contributed by atoms with Crippen molar-refractivity contribution in [3.63, 3.8) is 0 Å². The van der Waals surface area contributed by atoms with E-state index in [0.717, 1.165) is 9.81 Å². The number of nitrogens with zero attached hydrogens (tertiary/aromatic N) is 7. The summed E-state index contributed by atoms with van der Waals surface area (Å²) in [7, 11) is 1.33. The highest BCUT2D eigenvalue weighted by molar-refractivity contribution is 6.05. The molecule has 1 amide bonds. The Morgan fingerprint density at radius 2 is 2.00 bits per heavy atom. The summed E-state index contributed by atoms with van der Waals surface area (Å²) in [6.07, 6.45) is 0.409. The Balaban J connectivity index is 1.65. The number of pyridine rings is 2. The first-order chi connectivity index (χ1) is 15.8. The van der Waals surface area contributed by atoms with Gasteiger partial charge in [-0.05, 0) is 12.1 Å². The number of nitriles is 1. The summed E-state index contributed by atoms with van der Waals surface area (Å²) < 4.78 is 46.7. The monoisotopic (exact) mass is 457 g/mol. The van der Waals surface area contributed by atoms with E-state index in [9.17, 15) is 23.2 Å². The Kier molecular flexibility index (Phi) is 5.63. The molecule has 0 bridgehead atoms. The number of carbonyl (C=O) groups excluding carboxylic acids is 1. The quantitative estimate of drug-likeness (QED) is 0.587. The number of hydrogen-bond acceptors (Lipinski definition) is 9. The van der Waals surface area contributed by atoms with Crippen molar-refractivity contribution >= 4 is 17.3 Å². The van der Waals surface area contributed by atoms with Gasteiger partial charge >= 0.3 is 6.18 Å². The third-order valence-electron chi connectivity index (χ3n) is 4.50. The summed E-state index contributed by atoms with van der Waals surface area (Å²) >= 11 is 0. The molecule has 0 fully saturated rings. The summed E-state index contributed by atoms with van der Waals surface area (Å²) in [4.78, 5) is 21.8. The molecule has 0 aromatic carbocycles. The Labute approximate surface area is 184 Å². The minimum atomic E-state index is -4.85. The van der Waals surface area contributed by atoms with Crippen LogP contribution in [0.2, 0.25) is 0 Å². The summed E-state index contributed by atoms with van der Waals surface area (Å²) in [6, 6.07) is 5.80. The van der Waals surface area contributed by atoms with Crippen LogP contribution in [0.4, 0.5) is 24.5 Å². The molecule has 0 saturated carbocycles. The van der Waals surface area contributed by atoms with E-state index in [0.29, 0.717) is 0 Å². The Bertz CT molecular complexity index is 1270. The maximum absolute atomic E-state index is 13.9. The molecule has 0 spiro atoms. The van der Waals surface area contributed by atoms with Crippen LogP contribution in [0.15, 0.2) is 54.3 Å². The van der Waals surface area contributed by atoms with Crippen molar-refractivity contribution in [3.8, 4) is 17.8 Å². The smallest absolute Gasteiger partial charge is 0.433 e. The number of methoxy groups -OCH3 is 1. The van der Waals surface area contributed by atoms with Crippen LogP contribution >= 0.6 is 0 Å². The van der Waals surface area contributed by atoms with Crippen molar-refractivity contribution in [1.29, 1.82) is 5.26 Å². The number of halogens is 3. The summed E-state index contributed by atoms with van der Waals surface area (Å²) in [5, 5.41) is 20.3. The SMILES string of the molecule is COc1cc(N2NCC(C(=O)Nc3cnc(-n4nccn4)c(C#N)c3)=C2C(F)(F)F)ccn1. The fraction of sp³-hybridized carbons (Fsp3) is 0.158.